The number of carboxylic acid groups (broad SMARTS) is 2. The summed E-state index contributed by atoms with van der Waals surface area (Å²) in [6, 6.07) is 18.0. The van der Waals surface area contributed by atoms with Crippen molar-refractivity contribution in [2.24, 2.45) is 0 Å². The van der Waals surface area contributed by atoms with Crippen LogP contribution < -0.4 is 4.90 Å². The predicted molar refractivity (Wildman–Crippen MR) is 135 cm³/mol. The molecule has 180 valence electrons. The first-order chi connectivity index (χ1) is 16.4. The van der Waals surface area contributed by atoms with Crippen LogP contribution in [0.1, 0.15) is 82.7 Å². The van der Waals surface area contributed by atoms with E-state index in [2.05, 4.69) is 39.8 Å². The molecule has 0 aliphatic heterocycles. The summed E-state index contributed by atoms with van der Waals surface area (Å²) in [4.78, 5) is 37.9. The van der Waals surface area contributed by atoms with E-state index in [9.17, 15) is 24.6 Å². The van der Waals surface area contributed by atoms with Gasteiger partial charge in [0.2, 0.25) is 0 Å². The molecule has 3 aromatic rings. The smallest absolute Gasteiger partial charge is 0.335 e. The molecule has 0 fully saturated rings. The average molecular weight is 472 g/mol. The molecule has 1 aliphatic carbocycles. The predicted octanol–water partition coefficient (Wildman–Crippen LogP) is 6.41. The van der Waals surface area contributed by atoms with Gasteiger partial charge >= 0.3 is 11.9 Å². The van der Waals surface area contributed by atoms with Crippen LogP contribution in [0.4, 0.5) is 11.4 Å². The summed E-state index contributed by atoms with van der Waals surface area (Å²) in [5, 5.41) is 18.5. The van der Waals surface area contributed by atoms with Crippen molar-refractivity contribution in [3.63, 3.8) is 0 Å². The van der Waals surface area contributed by atoms with Gasteiger partial charge in [-0.1, -0.05) is 33.8 Å². The van der Waals surface area contributed by atoms with Gasteiger partial charge in [-0.05, 0) is 95.5 Å². The third-order valence-corrected chi connectivity index (χ3v) is 7.05. The number of anilines is 2. The fraction of sp³-hybridized carbons (Fsp3) is 0.276. The number of aromatic carboxylic acids is 2. The van der Waals surface area contributed by atoms with Crippen molar-refractivity contribution in [2.75, 3.05) is 4.90 Å². The van der Waals surface area contributed by atoms with Crippen LogP contribution in [0.3, 0.4) is 0 Å². The highest BCUT2D eigenvalue weighted by Crippen LogP contribution is 2.47. The number of amides is 1. The van der Waals surface area contributed by atoms with E-state index in [4.69, 9.17) is 0 Å². The van der Waals surface area contributed by atoms with Crippen molar-refractivity contribution in [3.8, 4) is 0 Å². The van der Waals surface area contributed by atoms with Crippen molar-refractivity contribution < 1.29 is 24.6 Å². The Kier molecular flexibility index (Phi) is 6.01. The molecular formula is C29H29NO5. The molecule has 0 radical (unpaired) electrons. The summed E-state index contributed by atoms with van der Waals surface area (Å²) >= 11 is 0. The average Bonchev–Trinajstić information content (AvgIpc) is 2.82. The van der Waals surface area contributed by atoms with Gasteiger partial charge in [0.1, 0.15) is 0 Å². The van der Waals surface area contributed by atoms with Crippen molar-refractivity contribution in [1.29, 1.82) is 0 Å². The highest BCUT2D eigenvalue weighted by atomic mass is 16.4. The fourth-order valence-corrected chi connectivity index (χ4v) is 4.74. The first-order valence-corrected chi connectivity index (χ1v) is 11.6. The van der Waals surface area contributed by atoms with Gasteiger partial charge in [-0.2, -0.15) is 0 Å². The van der Waals surface area contributed by atoms with E-state index in [1.807, 2.05) is 6.07 Å². The third kappa shape index (κ3) is 4.56. The molecule has 2 N–H and O–H groups in total. The van der Waals surface area contributed by atoms with Crippen molar-refractivity contribution in [2.45, 2.75) is 51.4 Å². The van der Waals surface area contributed by atoms with Crippen LogP contribution in [-0.2, 0) is 10.8 Å². The summed E-state index contributed by atoms with van der Waals surface area (Å²) in [6.07, 6.45) is 2.09. The van der Waals surface area contributed by atoms with Crippen LogP contribution in [0, 0.1) is 0 Å². The number of carbonyl (C=O) groups is 3. The normalized spacial score (nSPS) is 15.7. The Labute approximate surface area is 204 Å². The first-order valence-electron chi connectivity index (χ1n) is 11.6. The zero-order valence-electron chi connectivity index (χ0n) is 20.3. The number of carboxylic acids is 2. The molecule has 4 rings (SSSR count). The van der Waals surface area contributed by atoms with Gasteiger partial charge in [0.05, 0.1) is 11.1 Å². The van der Waals surface area contributed by atoms with Crippen LogP contribution in [-0.4, -0.2) is 28.1 Å². The van der Waals surface area contributed by atoms with E-state index in [0.717, 1.165) is 12.8 Å². The molecule has 0 saturated carbocycles. The maximum absolute atomic E-state index is 13.8. The molecule has 1 amide bonds. The van der Waals surface area contributed by atoms with Gasteiger partial charge in [0.15, 0.2) is 0 Å². The van der Waals surface area contributed by atoms with Crippen LogP contribution in [0.15, 0.2) is 66.7 Å². The SMILES string of the molecule is CC1(C)CCC(C)(C)c2cc(N(C(=O)c3ccc(C(=O)O)cc3)c3ccc(C(=O)O)cc3)ccc21. The number of hydrogen-bond acceptors (Lipinski definition) is 3. The van der Waals surface area contributed by atoms with Gasteiger partial charge in [0.25, 0.3) is 5.91 Å². The lowest BCUT2D eigenvalue weighted by Crippen LogP contribution is -2.34. The molecule has 1 aliphatic rings. The number of fused-ring (bicyclic) bond motifs is 1. The van der Waals surface area contributed by atoms with Gasteiger partial charge in [-0.15, -0.1) is 0 Å². The van der Waals surface area contributed by atoms with E-state index in [1.165, 1.54) is 47.5 Å². The topological polar surface area (TPSA) is 94.9 Å². The molecule has 3 aromatic carbocycles. The zero-order chi connectivity index (χ0) is 25.5. The Bertz CT molecular complexity index is 1300. The molecule has 0 spiro atoms. The maximum Gasteiger partial charge on any atom is 0.335 e. The molecule has 0 atom stereocenters. The van der Waals surface area contributed by atoms with Crippen LogP contribution in [0.2, 0.25) is 0 Å². The van der Waals surface area contributed by atoms with Gasteiger partial charge in [-0.25, -0.2) is 9.59 Å². The van der Waals surface area contributed by atoms with E-state index in [-0.39, 0.29) is 27.9 Å². The Morgan fingerprint density at radius 3 is 1.57 bits per heavy atom. The largest absolute Gasteiger partial charge is 0.478 e. The monoisotopic (exact) mass is 471 g/mol. The fourth-order valence-electron chi connectivity index (χ4n) is 4.74. The number of rotatable bonds is 5. The number of benzene rings is 3. The highest BCUT2D eigenvalue weighted by molar-refractivity contribution is 6.11. The lowest BCUT2D eigenvalue weighted by atomic mass is 9.63. The molecule has 0 unspecified atom stereocenters. The lowest BCUT2D eigenvalue weighted by Gasteiger charge is -2.42. The Morgan fingerprint density at radius 2 is 1.06 bits per heavy atom. The zero-order valence-corrected chi connectivity index (χ0v) is 20.3. The minimum absolute atomic E-state index is 0.0218. The van der Waals surface area contributed by atoms with E-state index < -0.39 is 11.9 Å². The quantitative estimate of drug-likeness (QED) is 0.448. The van der Waals surface area contributed by atoms with Gasteiger partial charge < -0.3 is 10.2 Å². The first kappa shape index (κ1) is 24.2. The van der Waals surface area contributed by atoms with Crippen LogP contribution in [0.25, 0.3) is 0 Å². The summed E-state index contributed by atoms with van der Waals surface area (Å²) < 4.78 is 0. The number of hydrogen-bond donors (Lipinski definition) is 2. The van der Waals surface area contributed by atoms with Gasteiger partial charge in [0, 0.05) is 16.9 Å². The van der Waals surface area contributed by atoms with E-state index in [1.54, 1.807) is 17.0 Å². The molecule has 0 saturated heterocycles. The van der Waals surface area contributed by atoms with Crippen LogP contribution >= 0.6 is 0 Å². The van der Waals surface area contributed by atoms with E-state index >= 15 is 0 Å². The third-order valence-electron chi connectivity index (χ3n) is 7.05. The molecule has 0 bridgehead atoms. The molecule has 0 aromatic heterocycles. The second-order valence-corrected chi connectivity index (χ2v) is 10.4. The standard InChI is InChI=1S/C29H29NO5/c1-28(2)15-16-29(3,4)24-17-22(13-14-23(24)28)30(21-11-9-20(10-12-21)27(34)35)25(31)18-5-7-19(8-6-18)26(32)33/h5-14,17H,15-16H2,1-4H3,(H,32,33)(H,34,35). The summed E-state index contributed by atoms with van der Waals surface area (Å²) in [7, 11) is 0. The van der Waals surface area contributed by atoms with Gasteiger partial charge in [-0.3, -0.25) is 9.69 Å². The minimum atomic E-state index is -1.07. The van der Waals surface area contributed by atoms with Crippen LogP contribution in [0.5, 0.6) is 0 Å². The Hall–Kier alpha value is -3.93. The van der Waals surface area contributed by atoms with Crippen molar-refractivity contribution in [3.05, 3.63) is 94.5 Å². The maximum atomic E-state index is 13.8. The Morgan fingerprint density at radius 1 is 0.629 bits per heavy atom. The second-order valence-electron chi connectivity index (χ2n) is 10.4. The number of carbonyl (C=O) groups excluding carboxylic acids is 1. The molecular weight excluding hydrogens is 442 g/mol. The summed E-state index contributed by atoms with van der Waals surface area (Å²) in [5.74, 6) is -2.45. The molecule has 35 heavy (non-hydrogen) atoms. The van der Waals surface area contributed by atoms with Crippen molar-refractivity contribution >= 4 is 29.2 Å². The van der Waals surface area contributed by atoms with E-state index in [0.29, 0.717) is 16.9 Å². The minimum Gasteiger partial charge on any atom is -0.478 e. The molecule has 0 heterocycles. The summed E-state index contributed by atoms with van der Waals surface area (Å²) in [6.45, 7) is 8.89. The number of nitrogens with zero attached hydrogens (tertiary/aromatic N) is 1. The molecule has 6 heteroatoms. The summed E-state index contributed by atoms with van der Waals surface area (Å²) in [5.41, 5.74) is 4.15. The second kappa shape index (κ2) is 8.69. The lowest BCUT2D eigenvalue weighted by molar-refractivity contribution is 0.0686. The Balaban J connectivity index is 1.86. The van der Waals surface area contributed by atoms with Crippen molar-refractivity contribution in [1.82, 2.24) is 0 Å². The highest BCUT2D eigenvalue weighted by Gasteiger charge is 2.37. The molecule has 6 nitrogen and oxygen atoms in total.